The Morgan fingerprint density at radius 3 is 2.21 bits per heavy atom. The first-order chi connectivity index (χ1) is 13.0. The number of hydrogen-bond acceptors (Lipinski definition) is 3. The molecular formula is C21H30FIN4O. The molecule has 2 rings (SSSR count). The number of rotatable bonds is 8. The maximum atomic E-state index is 12.9. The Morgan fingerprint density at radius 2 is 1.64 bits per heavy atom. The number of guanidine groups is 1. The lowest BCUT2D eigenvalue weighted by Gasteiger charge is -2.18. The van der Waals surface area contributed by atoms with Gasteiger partial charge in [-0.15, -0.1) is 24.0 Å². The Balaban J connectivity index is 0.00000392. The second-order valence-corrected chi connectivity index (χ2v) is 6.74. The molecule has 2 aromatic rings. The summed E-state index contributed by atoms with van der Waals surface area (Å²) in [5.74, 6) is 1.08. The van der Waals surface area contributed by atoms with Crippen molar-refractivity contribution in [3.8, 4) is 5.75 Å². The maximum absolute atomic E-state index is 12.9. The fourth-order valence-electron chi connectivity index (χ4n) is 2.56. The van der Waals surface area contributed by atoms with Crippen LogP contribution in [0.2, 0.25) is 0 Å². The number of ether oxygens (including phenoxy) is 1. The first-order valence-electron chi connectivity index (χ1n) is 9.05. The van der Waals surface area contributed by atoms with Crippen molar-refractivity contribution in [3.63, 3.8) is 0 Å². The van der Waals surface area contributed by atoms with Crippen LogP contribution in [0.3, 0.4) is 0 Å². The average molecular weight is 500 g/mol. The minimum atomic E-state index is -0.271. The van der Waals surface area contributed by atoms with Gasteiger partial charge in [-0.2, -0.15) is 0 Å². The largest absolute Gasteiger partial charge is 0.489 e. The summed E-state index contributed by atoms with van der Waals surface area (Å²) in [6, 6.07) is 14.6. The fraction of sp³-hybridized carbons (Fsp3) is 0.381. The molecule has 0 aliphatic rings. The monoisotopic (exact) mass is 500 g/mol. The van der Waals surface area contributed by atoms with E-state index in [0.29, 0.717) is 24.8 Å². The summed E-state index contributed by atoms with van der Waals surface area (Å²) in [5, 5.41) is 6.54. The van der Waals surface area contributed by atoms with Crippen LogP contribution in [0.4, 0.5) is 4.39 Å². The molecule has 0 aliphatic heterocycles. The van der Waals surface area contributed by atoms with E-state index >= 15 is 0 Å². The zero-order valence-electron chi connectivity index (χ0n) is 16.9. The molecule has 2 aromatic carbocycles. The Hall–Kier alpha value is -1.87. The molecule has 0 saturated carbocycles. The summed E-state index contributed by atoms with van der Waals surface area (Å²) in [6.45, 7) is 4.16. The zero-order chi connectivity index (χ0) is 19.6. The van der Waals surface area contributed by atoms with Gasteiger partial charge in [-0.3, -0.25) is 4.99 Å². The van der Waals surface area contributed by atoms with Crippen LogP contribution in [-0.2, 0) is 13.1 Å². The molecule has 1 atom stereocenters. The Morgan fingerprint density at radius 1 is 1.04 bits per heavy atom. The Bertz CT molecular complexity index is 720. The standard InChI is InChI=1S/C21H29FN4O.HI/c1-16(27-20-11-9-19(22)10-12-20)13-24-21(23-2)25-14-17-5-7-18(8-6-17)15-26(3)4;/h5-12,16H,13-15H2,1-4H3,(H2,23,24,25);1H. The number of aliphatic imine (C=N–C) groups is 1. The molecule has 5 nitrogen and oxygen atoms in total. The van der Waals surface area contributed by atoms with Crippen LogP contribution in [0.1, 0.15) is 18.1 Å². The van der Waals surface area contributed by atoms with Gasteiger partial charge in [-0.05, 0) is 56.4 Å². The highest BCUT2D eigenvalue weighted by Gasteiger charge is 2.06. The Labute approximate surface area is 184 Å². The van der Waals surface area contributed by atoms with Crippen molar-refractivity contribution in [2.75, 3.05) is 27.7 Å². The number of halogens is 2. The average Bonchev–Trinajstić information content (AvgIpc) is 2.64. The summed E-state index contributed by atoms with van der Waals surface area (Å²) < 4.78 is 18.7. The van der Waals surface area contributed by atoms with E-state index < -0.39 is 0 Å². The van der Waals surface area contributed by atoms with E-state index in [-0.39, 0.29) is 35.9 Å². The van der Waals surface area contributed by atoms with Crippen molar-refractivity contribution < 1.29 is 9.13 Å². The third-order valence-corrected chi connectivity index (χ3v) is 3.91. The van der Waals surface area contributed by atoms with E-state index in [1.807, 2.05) is 6.92 Å². The molecule has 28 heavy (non-hydrogen) atoms. The topological polar surface area (TPSA) is 48.9 Å². The van der Waals surface area contributed by atoms with Crippen LogP contribution in [0, 0.1) is 5.82 Å². The van der Waals surface area contributed by atoms with Gasteiger partial charge in [-0.25, -0.2) is 4.39 Å². The molecule has 154 valence electrons. The quantitative estimate of drug-likeness (QED) is 0.330. The molecule has 0 fully saturated rings. The van der Waals surface area contributed by atoms with Gasteiger partial charge in [-0.1, -0.05) is 24.3 Å². The van der Waals surface area contributed by atoms with E-state index in [1.165, 1.54) is 23.3 Å². The van der Waals surface area contributed by atoms with Gasteiger partial charge in [0, 0.05) is 20.1 Å². The van der Waals surface area contributed by atoms with E-state index in [1.54, 1.807) is 19.2 Å². The minimum absolute atomic E-state index is 0. The van der Waals surface area contributed by atoms with Gasteiger partial charge in [0.2, 0.25) is 0 Å². The number of nitrogens with zero attached hydrogens (tertiary/aromatic N) is 2. The summed E-state index contributed by atoms with van der Waals surface area (Å²) in [4.78, 5) is 6.38. The molecule has 0 aromatic heterocycles. The highest BCUT2D eigenvalue weighted by molar-refractivity contribution is 14.0. The number of nitrogens with one attached hydrogen (secondary N) is 2. The van der Waals surface area contributed by atoms with E-state index in [0.717, 1.165) is 6.54 Å². The van der Waals surface area contributed by atoms with Crippen LogP contribution in [-0.4, -0.2) is 44.7 Å². The predicted octanol–water partition coefficient (Wildman–Crippen LogP) is 3.64. The van der Waals surface area contributed by atoms with Crippen molar-refractivity contribution in [1.29, 1.82) is 0 Å². The van der Waals surface area contributed by atoms with Gasteiger partial charge in [0.25, 0.3) is 0 Å². The molecule has 7 heteroatoms. The SMILES string of the molecule is CN=C(NCc1ccc(CN(C)C)cc1)NCC(C)Oc1ccc(F)cc1.I. The summed E-state index contributed by atoms with van der Waals surface area (Å²) >= 11 is 0. The number of hydrogen-bond donors (Lipinski definition) is 2. The second-order valence-electron chi connectivity index (χ2n) is 6.74. The van der Waals surface area contributed by atoms with Crippen LogP contribution >= 0.6 is 24.0 Å². The molecule has 0 amide bonds. The molecule has 1 unspecified atom stereocenters. The molecular weight excluding hydrogens is 470 g/mol. The summed E-state index contributed by atoms with van der Waals surface area (Å²) in [7, 11) is 5.86. The molecule has 0 aliphatic carbocycles. The van der Waals surface area contributed by atoms with Gasteiger partial charge in [0.1, 0.15) is 17.7 Å². The first-order valence-corrected chi connectivity index (χ1v) is 9.05. The smallest absolute Gasteiger partial charge is 0.191 e. The van der Waals surface area contributed by atoms with Gasteiger partial charge in [0.05, 0.1) is 6.54 Å². The van der Waals surface area contributed by atoms with Crippen molar-refractivity contribution in [1.82, 2.24) is 15.5 Å². The van der Waals surface area contributed by atoms with Gasteiger partial charge >= 0.3 is 0 Å². The molecule has 0 saturated heterocycles. The Kier molecular flexibility index (Phi) is 10.8. The highest BCUT2D eigenvalue weighted by atomic mass is 127. The van der Waals surface area contributed by atoms with E-state index in [2.05, 4.69) is 58.9 Å². The highest BCUT2D eigenvalue weighted by Crippen LogP contribution is 2.12. The van der Waals surface area contributed by atoms with Crippen LogP contribution in [0.5, 0.6) is 5.75 Å². The lowest BCUT2D eigenvalue weighted by atomic mass is 10.1. The summed E-state index contributed by atoms with van der Waals surface area (Å²) in [6.07, 6.45) is -0.0840. The minimum Gasteiger partial charge on any atom is -0.489 e. The van der Waals surface area contributed by atoms with Crippen LogP contribution in [0.15, 0.2) is 53.5 Å². The molecule has 0 spiro atoms. The predicted molar refractivity (Wildman–Crippen MR) is 124 cm³/mol. The summed E-state index contributed by atoms with van der Waals surface area (Å²) in [5.41, 5.74) is 2.48. The maximum Gasteiger partial charge on any atom is 0.191 e. The lowest BCUT2D eigenvalue weighted by Crippen LogP contribution is -2.41. The normalized spacial score (nSPS) is 12.3. The van der Waals surface area contributed by atoms with Crippen LogP contribution in [0.25, 0.3) is 0 Å². The van der Waals surface area contributed by atoms with E-state index in [4.69, 9.17) is 4.74 Å². The van der Waals surface area contributed by atoms with Crippen molar-refractivity contribution in [3.05, 3.63) is 65.5 Å². The molecule has 0 heterocycles. The molecule has 2 N–H and O–H groups in total. The van der Waals surface area contributed by atoms with Crippen molar-refractivity contribution >= 4 is 29.9 Å². The second kappa shape index (κ2) is 12.6. The zero-order valence-corrected chi connectivity index (χ0v) is 19.2. The fourth-order valence-corrected chi connectivity index (χ4v) is 2.56. The van der Waals surface area contributed by atoms with E-state index in [9.17, 15) is 4.39 Å². The third kappa shape index (κ3) is 8.88. The lowest BCUT2D eigenvalue weighted by molar-refractivity contribution is 0.223. The van der Waals surface area contributed by atoms with Crippen molar-refractivity contribution in [2.45, 2.75) is 26.1 Å². The van der Waals surface area contributed by atoms with Gasteiger partial charge < -0.3 is 20.3 Å². The molecule has 0 bridgehead atoms. The van der Waals surface area contributed by atoms with Crippen LogP contribution < -0.4 is 15.4 Å². The first kappa shape index (κ1) is 24.2. The molecule has 0 radical (unpaired) electrons. The number of benzene rings is 2. The van der Waals surface area contributed by atoms with Crippen molar-refractivity contribution in [2.24, 2.45) is 4.99 Å². The van der Waals surface area contributed by atoms with Gasteiger partial charge in [0.15, 0.2) is 5.96 Å². The third-order valence-electron chi connectivity index (χ3n) is 3.91.